The van der Waals surface area contributed by atoms with Gasteiger partial charge in [-0.15, -0.1) is 0 Å². The van der Waals surface area contributed by atoms with Crippen LogP contribution in [-0.2, 0) is 9.53 Å². The Kier molecular flexibility index (Phi) is 5.82. The fourth-order valence-electron chi connectivity index (χ4n) is 2.26. The third kappa shape index (κ3) is 4.70. The number of aromatic nitrogens is 3. The van der Waals surface area contributed by atoms with Crippen LogP contribution in [0.5, 0.6) is 0 Å². The molecular formula is C18H16N4O4S. The van der Waals surface area contributed by atoms with Gasteiger partial charge in [0.15, 0.2) is 0 Å². The number of hydrogen-bond donors (Lipinski definition) is 1. The molecule has 1 N–H and O–H groups in total. The molecular weight excluding hydrogens is 368 g/mol. The normalized spacial score (nSPS) is 10.4. The molecule has 3 aromatic rings. The highest BCUT2D eigenvalue weighted by molar-refractivity contribution is 8.00. The minimum atomic E-state index is -0.464. The fourth-order valence-corrected chi connectivity index (χ4v) is 3.05. The predicted octanol–water partition coefficient (Wildman–Crippen LogP) is 2.96. The first-order valence-corrected chi connectivity index (χ1v) is 8.92. The minimum absolute atomic E-state index is 0.128. The minimum Gasteiger partial charge on any atom is -0.465 e. The number of amides is 1. The van der Waals surface area contributed by atoms with Crippen molar-refractivity contribution in [2.75, 3.05) is 18.2 Å². The van der Waals surface area contributed by atoms with Crippen LogP contribution in [-0.4, -0.2) is 39.9 Å². The lowest BCUT2D eigenvalue weighted by molar-refractivity contribution is -0.113. The largest absolute Gasteiger partial charge is 0.465 e. The number of hydrogen-bond acceptors (Lipinski definition) is 8. The maximum atomic E-state index is 12.3. The Morgan fingerprint density at radius 1 is 1.26 bits per heavy atom. The third-order valence-corrected chi connectivity index (χ3v) is 4.45. The van der Waals surface area contributed by atoms with Crippen LogP contribution in [0.4, 0.5) is 5.69 Å². The summed E-state index contributed by atoms with van der Waals surface area (Å²) in [6, 6.07) is 10.1. The van der Waals surface area contributed by atoms with E-state index in [2.05, 4.69) is 25.2 Å². The molecule has 0 unspecified atom stereocenters. The van der Waals surface area contributed by atoms with Crippen LogP contribution in [0.3, 0.4) is 0 Å². The van der Waals surface area contributed by atoms with Gasteiger partial charge in [0, 0.05) is 18.8 Å². The van der Waals surface area contributed by atoms with Crippen molar-refractivity contribution in [1.82, 2.24) is 15.1 Å². The van der Waals surface area contributed by atoms with E-state index < -0.39 is 5.97 Å². The van der Waals surface area contributed by atoms with Gasteiger partial charge in [-0.25, -0.2) is 9.78 Å². The van der Waals surface area contributed by atoms with Crippen LogP contribution >= 0.6 is 11.8 Å². The van der Waals surface area contributed by atoms with Crippen LogP contribution in [0, 0.1) is 6.92 Å². The first-order chi connectivity index (χ1) is 13.1. The molecule has 3 rings (SSSR count). The first kappa shape index (κ1) is 18.6. The van der Waals surface area contributed by atoms with Crippen LogP contribution in [0.15, 0.2) is 52.1 Å². The average Bonchev–Trinajstić information content (AvgIpc) is 3.12. The zero-order chi connectivity index (χ0) is 19.2. The number of methoxy groups -OCH3 is 1. The van der Waals surface area contributed by atoms with Crippen LogP contribution < -0.4 is 5.32 Å². The summed E-state index contributed by atoms with van der Waals surface area (Å²) in [5.41, 5.74) is 1.57. The van der Waals surface area contributed by atoms with Gasteiger partial charge in [-0.3, -0.25) is 4.79 Å². The molecule has 27 heavy (non-hydrogen) atoms. The summed E-state index contributed by atoms with van der Waals surface area (Å²) in [5, 5.41) is 7.26. The van der Waals surface area contributed by atoms with Crippen LogP contribution in [0.2, 0.25) is 0 Å². The monoisotopic (exact) mass is 384 g/mol. The van der Waals surface area contributed by atoms with Crippen molar-refractivity contribution in [1.29, 1.82) is 0 Å². The summed E-state index contributed by atoms with van der Waals surface area (Å²) < 4.78 is 9.68. The first-order valence-electron chi connectivity index (χ1n) is 7.93. The molecule has 0 saturated carbocycles. The van der Waals surface area contributed by atoms with E-state index in [1.165, 1.54) is 18.9 Å². The van der Waals surface area contributed by atoms with Gasteiger partial charge in [0.25, 0.3) is 0 Å². The lowest BCUT2D eigenvalue weighted by atomic mass is 10.2. The van der Waals surface area contributed by atoms with Gasteiger partial charge < -0.3 is 14.6 Å². The lowest BCUT2D eigenvalue weighted by Gasteiger charge is -2.07. The number of carbonyl (C=O) groups is 2. The van der Waals surface area contributed by atoms with Crippen molar-refractivity contribution in [3.8, 4) is 11.4 Å². The Balaban J connectivity index is 1.66. The molecule has 138 valence electrons. The van der Waals surface area contributed by atoms with E-state index in [1.807, 2.05) is 6.07 Å². The summed E-state index contributed by atoms with van der Waals surface area (Å²) >= 11 is 1.26. The Bertz CT molecular complexity index is 973. The maximum absolute atomic E-state index is 12.3. The quantitative estimate of drug-likeness (QED) is 0.510. The number of carbonyl (C=O) groups excluding carboxylic acids is 2. The molecule has 1 aromatic carbocycles. The van der Waals surface area contributed by atoms with Crippen LogP contribution in [0.1, 0.15) is 16.2 Å². The molecule has 0 atom stereocenters. The van der Waals surface area contributed by atoms with Crippen molar-refractivity contribution in [3.05, 3.63) is 54.0 Å². The van der Waals surface area contributed by atoms with Crippen molar-refractivity contribution < 1.29 is 18.8 Å². The third-order valence-electron chi connectivity index (χ3n) is 3.45. The molecule has 0 fully saturated rings. The number of aryl methyl sites for hydroxylation is 1. The van der Waals surface area contributed by atoms with Gasteiger partial charge in [-0.1, -0.05) is 23.0 Å². The van der Waals surface area contributed by atoms with E-state index in [1.54, 1.807) is 43.5 Å². The summed E-state index contributed by atoms with van der Waals surface area (Å²) in [6.07, 6.45) is 1.64. The Morgan fingerprint density at radius 2 is 2.11 bits per heavy atom. The molecule has 0 bridgehead atoms. The highest BCUT2D eigenvalue weighted by Gasteiger charge is 2.14. The second-order valence-corrected chi connectivity index (χ2v) is 6.37. The molecule has 2 heterocycles. The topological polar surface area (TPSA) is 107 Å². The van der Waals surface area contributed by atoms with Gasteiger partial charge in [-0.2, -0.15) is 4.98 Å². The van der Waals surface area contributed by atoms with Gasteiger partial charge in [0.05, 0.1) is 24.0 Å². The Hall–Kier alpha value is -3.20. The standard InChI is InChI=1S/C18H16N4O4S/c1-11-20-16(22-26-11)14-7-4-8-19-17(14)27-10-15(23)21-13-6-3-5-12(9-13)18(24)25-2/h3-9H,10H2,1-2H3,(H,21,23). The Morgan fingerprint density at radius 3 is 2.85 bits per heavy atom. The van der Waals surface area contributed by atoms with Gasteiger partial charge in [0.1, 0.15) is 5.03 Å². The summed E-state index contributed by atoms with van der Waals surface area (Å²) in [5.74, 6) is 0.308. The highest BCUT2D eigenvalue weighted by atomic mass is 32.2. The van der Waals surface area contributed by atoms with Gasteiger partial charge >= 0.3 is 5.97 Å². The van der Waals surface area contributed by atoms with Crippen molar-refractivity contribution in [2.24, 2.45) is 0 Å². The summed E-state index contributed by atoms with van der Waals surface area (Å²) in [4.78, 5) is 32.3. The maximum Gasteiger partial charge on any atom is 0.337 e. The number of anilines is 1. The fraction of sp³-hybridized carbons (Fsp3) is 0.167. The van der Waals surface area contributed by atoms with Gasteiger partial charge in [-0.05, 0) is 30.3 Å². The van der Waals surface area contributed by atoms with E-state index in [4.69, 9.17) is 4.52 Å². The number of pyridine rings is 1. The molecule has 0 radical (unpaired) electrons. The molecule has 2 aromatic heterocycles. The zero-order valence-corrected chi connectivity index (χ0v) is 15.4. The number of thioether (sulfide) groups is 1. The molecule has 0 aliphatic heterocycles. The van der Waals surface area contributed by atoms with Crippen molar-refractivity contribution in [2.45, 2.75) is 11.9 Å². The summed E-state index contributed by atoms with van der Waals surface area (Å²) in [7, 11) is 1.31. The average molecular weight is 384 g/mol. The molecule has 0 aliphatic rings. The molecule has 0 spiro atoms. The van der Waals surface area contributed by atoms with E-state index in [-0.39, 0.29) is 11.7 Å². The van der Waals surface area contributed by atoms with Gasteiger partial charge in [0.2, 0.25) is 17.6 Å². The predicted molar refractivity (Wildman–Crippen MR) is 99.4 cm³/mol. The summed E-state index contributed by atoms with van der Waals surface area (Å²) in [6.45, 7) is 1.70. The number of ether oxygens (including phenoxy) is 1. The number of benzene rings is 1. The molecule has 8 nitrogen and oxygen atoms in total. The molecule has 1 amide bonds. The SMILES string of the molecule is COC(=O)c1cccc(NC(=O)CSc2ncccc2-c2noc(C)n2)c1. The molecule has 0 aliphatic carbocycles. The number of nitrogens with zero attached hydrogens (tertiary/aromatic N) is 3. The second-order valence-electron chi connectivity index (χ2n) is 5.40. The number of rotatable bonds is 6. The molecule has 9 heteroatoms. The van der Waals surface area contributed by atoms with E-state index in [0.717, 1.165) is 0 Å². The smallest absolute Gasteiger partial charge is 0.337 e. The van der Waals surface area contributed by atoms with E-state index in [0.29, 0.717) is 33.6 Å². The molecule has 0 saturated heterocycles. The number of nitrogens with one attached hydrogen (secondary N) is 1. The Labute approximate surface area is 159 Å². The van der Waals surface area contributed by atoms with E-state index >= 15 is 0 Å². The lowest BCUT2D eigenvalue weighted by Crippen LogP contribution is -2.14. The van der Waals surface area contributed by atoms with Crippen molar-refractivity contribution in [3.63, 3.8) is 0 Å². The van der Waals surface area contributed by atoms with Crippen molar-refractivity contribution >= 4 is 29.3 Å². The van der Waals surface area contributed by atoms with Crippen LogP contribution in [0.25, 0.3) is 11.4 Å². The zero-order valence-electron chi connectivity index (χ0n) is 14.6. The second kappa shape index (κ2) is 8.45. The van der Waals surface area contributed by atoms with E-state index in [9.17, 15) is 9.59 Å². The number of esters is 1. The highest BCUT2D eigenvalue weighted by Crippen LogP contribution is 2.27.